The Morgan fingerprint density at radius 3 is 2.52 bits per heavy atom. The highest BCUT2D eigenvalue weighted by Gasteiger charge is 2.10. The van der Waals surface area contributed by atoms with Crippen molar-refractivity contribution in [2.24, 2.45) is 0 Å². The van der Waals surface area contributed by atoms with Crippen molar-refractivity contribution in [3.8, 4) is 11.5 Å². The maximum atomic E-state index is 10.5. The Bertz CT molecular complexity index is 829. The molecule has 25 heavy (non-hydrogen) atoms. The molecule has 0 aromatic heterocycles. The van der Waals surface area contributed by atoms with Gasteiger partial charge in [0.1, 0.15) is 23.9 Å². The Kier molecular flexibility index (Phi) is 5.37. The van der Waals surface area contributed by atoms with Gasteiger partial charge in [-0.15, -0.1) is 0 Å². The van der Waals surface area contributed by atoms with Crippen LogP contribution in [0.4, 0.5) is 0 Å². The van der Waals surface area contributed by atoms with Gasteiger partial charge in [-0.2, -0.15) is 0 Å². The van der Waals surface area contributed by atoms with Crippen LogP contribution in [0.5, 0.6) is 11.5 Å². The van der Waals surface area contributed by atoms with Crippen LogP contribution in [0.15, 0.2) is 90.6 Å². The molecule has 0 radical (unpaired) electrons. The van der Waals surface area contributed by atoms with Crippen LogP contribution in [0, 0.1) is 0 Å². The molecule has 0 saturated carbocycles. The molecular formula is C22H20O3. The van der Waals surface area contributed by atoms with Gasteiger partial charge >= 0.3 is 0 Å². The third kappa shape index (κ3) is 4.42. The van der Waals surface area contributed by atoms with Gasteiger partial charge in [-0.25, -0.2) is 0 Å². The van der Waals surface area contributed by atoms with Crippen molar-refractivity contribution < 1.29 is 14.6 Å². The lowest BCUT2D eigenvalue weighted by atomic mass is 10.1. The SMILES string of the molecule is COc1ccc(OCc2ccccc2)c(/C(O)=C/C=C2C=CC=C2)c1. The number of aliphatic hydroxyl groups is 1. The molecule has 0 unspecified atom stereocenters. The number of methoxy groups -OCH3 is 1. The lowest BCUT2D eigenvalue weighted by Gasteiger charge is -2.12. The third-order valence-electron chi connectivity index (χ3n) is 3.82. The highest BCUT2D eigenvalue weighted by Crippen LogP contribution is 2.30. The average Bonchev–Trinajstić information content (AvgIpc) is 3.19. The molecule has 2 aromatic rings. The topological polar surface area (TPSA) is 38.7 Å². The molecule has 126 valence electrons. The molecule has 0 fully saturated rings. The van der Waals surface area contributed by atoms with Crippen LogP contribution in [-0.2, 0) is 6.61 Å². The molecule has 3 rings (SSSR count). The maximum Gasteiger partial charge on any atom is 0.131 e. The van der Waals surface area contributed by atoms with Crippen molar-refractivity contribution in [3.05, 3.63) is 102 Å². The summed E-state index contributed by atoms with van der Waals surface area (Å²) in [6.45, 7) is 0.431. The fourth-order valence-electron chi connectivity index (χ4n) is 2.46. The molecule has 0 heterocycles. The molecule has 2 aromatic carbocycles. The highest BCUT2D eigenvalue weighted by molar-refractivity contribution is 5.68. The summed E-state index contributed by atoms with van der Waals surface area (Å²) in [5.41, 5.74) is 2.69. The zero-order valence-corrected chi connectivity index (χ0v) is 14.1. The summed E-state index contributed by atoms with van der Waals surface area (Å²) in [6, 6.07) is 15.3. The predicted octanol–water partition coefficient (Wildman–Crippen LogP) is 5.23. The van der Waals surface area contributed by atoms with Crippen LogP contribution < -0.4 is 9.47 Å². The van der Waals surface area contributed by atoms with E-state index in [2.05, 4.69) is 0 Å². The molecule has 0 amide bonds. The lowest BCUT2D eigenvalue weighted by molar-refractivity contribution is 0.303. The largest absolute Gasteiger partial charge is 0.507 e. The molecular weight excluding hydrogens is 312 g/mol. The number of aliphatic hydroxyl groups excluding tert-OH is 1. The summed E-state index contributed by atoms with van der Waals surface area (Å²) in [6.07, 6.45) is 11.4. The summed E-state index contributed by atoms with van der Waals surface area (Å²) < 4.78 is 11.2. The van der Waals surface area contributed by atoms with Crippen LogP contribution in [0.25, 0.3) is 5.76 Å². The summed E-state index contributed by atoms with van der Waals surface area (Å²) >= 11 is 0. The van der Waals surface area contributed by atoms with Crippen LogP contribution in [0.3, 0.4) is 0 Å². The second-order valence-electron chi connectivity index (χ2n) is 5.57. The van der Waals surface area contributed by atoms with Crippen molar-refractivity contribution in [1.82, 2.24) is 0 Å². The van der Waals surface area contributed by atoms with Gasteiger partial charge in [-0.3, -0.25) is 0 Å². The number of allylic oxidation sites excluding steroid dienone is 7. The van der Waals surface area contributed by atoms with E-state index < -0.39 is 0 Å². The van der Waals surface area contributed by atoms with Crippen LogP contribution >= 0.6 is 0 Å². The first kappa shape index (κ1) is 16.7. The smallest absolute Gasteiger partial charge is 0.131 e. The minimum absolute atomic E-state index is 0.128. The zero-order valence-electron chi connectivity index (χ0n) is 14.1. The monoisotopic (exact) mass is 332 g/mol. The number of rotatable bonds is 6. The zero-order chi connectivity index (χ0) is 17.5. The lowest BCUT2D eigenvalue weighted by Crippen LogP contribution is -1.99. The van der Waals surface area contributed by atoms with E-state index in [0.717, 1.165) is 11.1 Å². The van der Waals surface area contributed by atoms with Crippen molar-refractivity contribution in [1.29, 1.82) is 0 Å². The molecule has 0 spiro atoms. The summed E-state index contributed by atoms with van der Waals surface area (Å²) in [5, 5.41) is 10.5. The summed E-state index contributed by atoms with van der Waals surface area (Å²) in [4.78, 5) is 0. The Hall–Kier alpha value is -3.20. The Morgan fingerprint density at radius 1 is 1.04 bits per heavy atom. The van der Waals surface area contributed by atoms with Gasteiger partial charge in [0, 0.05) is 0 Å². The van der Waals surface area contributed by atoms with Gasteiger partial charge in [0.15, 0.2) is 0 Å². The average molecular weight is 332 g/mol. The van der Waals surface area contributed by atoms with E-state index >= 15 is 0 Å². The first-order chi connectivity index (χ1) is 12.3. The molecule has 3 nitrogen and oxygen atoms in total. The third-order valence-corrected chi connectivity index (χ3v) is 3.82. The van der Waals surface area contributed by atoms with Crippen LogP contribution in [0.2, 0.25) is 0 Å². The van der Waals surface area contributed by atoms with Gasteiger partial charge in [0.25, 0.3) is 0 Å². The van der Waals surface area contributed by atoms with Crippen molar-refractivity contribution in [3.63, 3.8) is 0 Å². The van der Waals surface area contributed by atoms with Gasteiger partial charge < -0.3 is 14.6 Å². The molecule has 0 bridgehead atoms. The predicted molar refractivity (Wildman–Crippen MR) is 101 cm³/mol. The van der Waals surface area contributed by atoms with E-state index in [9.17, 15) is 5.11 Å². The van der Waals surface area contributed by atoms with Crippen LogP contribution in [-0.4, -0.2) is 12.2 Å². The number of hydrogen-bond acceptors (Lipinski definition) is 3. The molecule has 3 heteroatoms. The van der Waals surface area contributed by atoms with E-state index in [1.165, 1.54) is 0 Å². The molecule has 1 N–H and O–H groups in total. The maximum absolute atomic E-state index is 10.5. The van der Waals surface area contributed by atoms with Gasteiger partial charge in [0.2, 0.25) is 0 Å². The second-order valence-corrected chi connectivity index (χ2v) is 5.57. The van der Waals surface area contributed by atoms with E-state index in [-0.39, 0.29) is 5.76 Å². The first-order valence-electron chi connectivity index (χ1n) is 8.07. The number of benzene rings is 2. The van der Waals surface area contributed by atoms with Crippen LogP contribution in [0.1, 0.15) is 11.1 Å². The number of hydrogen-bond donors (Lipinski definition) is 1. The quantitative estimate of drug-likeness (QED) is 0.737. The van der Waals surface area contributed by atoms with Gasteiger partial charge in [-0.1, -0.05) is 60.7 Å². The van der Waals surface area contributed by atoms with E-state index in [0.29, 0.717) is 23.7 Å². The van der Waals surface area contributed by atoms with Gasteiger partial charge in [-0.05, 0) is 35.4 Å². The molecule has 0 aliphatic heterocycles. The molecule has 1 aliphatic carbocycles. The second kappa shape index (κ2) is 8.06. The summed E-state index contributed by atoms with van der Waals surface area (Å²) in [5.74, 6) is 1.40. The normalized spacial score (nSPS) is 13.2. The Labute approximate surface area is 147 Å². The fourth-order valence-corrected chi connectivity index (χ4v) is 2.46. The standard InChI is InChI=1S/C22H20O3/c1-24-19-12-14-22(25-16-18-9-3-2-4-10-18)20(15-19)21(23)13-11-17-7-5-6-8-17/h2-15,23H,16H2,1H3/b21-13-. The van der Waals surface area contributed by atoms with Crippen molar-refractivity contribution in [2.75, 3.05) is 7.11 Å². The van der Waals surface area contributed by atoms with Crippen molar-refractivity contribution in [2.45, 2.75) is 6.61 Å². The van der Waals surface area contributed by atoms with E-state index in [1.54, 1.807) is 19.3 Å². The summed E-state index contributed by atoms with van der Waals surface area (Å²) in [7, 11) is 1.60. The Morgan fingerprint density at radius 2 is 1.80 bits per heavy atom. The van der Waals surface area contributed by atoms with Crippen molar-refractivity contribution >= 4 is 5.76 Å². The van der Waals surface area contributed by atoms with Gasteiger partial charge in [0.05, 0.1) is 12.7 Å². The highest BCUT2D eigenvalue weighted by atomic mass is 16.5. The molecule has 0 saturated heterocycles. The first-order valence-corrected chi connectivity index (χ1v) is 8.07. The Balaban J connectivity index is 1.85. The minimum atomic E-state index is 0.128. The minimum Gasteiger partial charge on any atom is -0.507 e. The van der Waals surface area contributed by atoms with E-state index in [1.807, 2.05) is 72.8 Å². The molecule has 0 atom stereocenters. The fraction of sp³-hybridized carbons (Fsp3) is 0.0909. The molecule has 1 aliphatic rings. The number of ether oxygens (including phenoxy) is 2. The van der Waals surface area contributed by atoms with E-state index in [4.69, 9.17) is 9.47 Å².